The number of amides is 1. The van der Waals surface area contributed by atoms with E-state index in [1.54, 1.807) is 4.90 Å². The summed E-state index contributed by atoms with van der Waals surface area (Å²) in [5.74, 6) is -0.0911. The van der Waals surface area contributed by atoms with Crippen LogP contribution in [-0.2, 0) is 14.8 Å². The molecule has 2 N–H and O–H groups in total. The Morgan fingerprint density at radius 2 is 2.04 bits per heavy atom. The third-order valence-electron chi connectivity index (χ3n) is 4.12. The predicted octanol–water partition coefficient (Wildman–Crippen LogP) is 0.952. The molecule has 134 valence electrons. The first-order chi connectivity index (χ1) is 11.4. The molecule has 1 unspecified atom stereocenters. The molecule has 8 heteroatoms. The van der Waals surface area contributed by atoms with Crippen molar-refractivity contribution in [3.05, 3.63) is 30.1 Å². The number of carbonyl (C=O) groups excluding carboxylic acids is 1. The van der Waals surface area contributed by atoms with Gasteiger partial charge in [-0.3, -0.25) is 4.79 Å². The van der Waals surface area contributed by atoms with Gasteiger partial charge in [-0.15, -0.1) is 0 Å². The molecule has 24 heavy (non-hydrogen) atoms. The van der Waals surface area contributed by atoms with Crippen molar-refractivity contribution < 1.29 is 17.6 Å². The molecule has 1 aliphatic heterocycles. The molecule has 0 aliphatic carbocycles. The lowest BCUT2D eigenvalue weighted by atomic mass is 9.98. The number of rotatable bonds is 7. The molecular weight excluding hydrogens is 333 g/mol. The Kier molecular flexibility index (Phi) is 6.70. The zero-order valence-corrected chi connectivity index (χ0v) is 14.6. The molecule has 1 saturated heterocycles. The summed E-state index contributed by atoms with van der Waals surface area (Å²) in [7, 11) is -1.83. The van der Waals surface area contributed by atoms with Crippen molar-refractivity contribution in [1.82, 2.24) is 14.9 Å². The van der Waals surface area contributed by atoms with Crippen molar-refractivity contribution in [2.75, 3.05) is 33.2 Å². The first-order valence-corrected chi connectivity index (χ1v) is 9.58. The Balaban J connectivity index is 1.82. The van der Waals surface area contributed by atoms with Crippen LogP contribution in [0.4, 0.5) is 4.39 Å². The van der Waals surface area contributed by atoms with E-state index in [4.69, 9.17) is 0 Å². The summed E-state index contributed by atoms with van der Waals surface area (Å²) in [6.07, 6.45) is 2.19. The summed E-state index contributed by atoms with van der Waals surface area (Å²) in [6.45, 7) is 2.35. The number of hydrogen-bond acceptors (Lipinski definition) is 4. The molecule has 1 aliphatic rings. The third kappa shape index (κ3) is 5.25. The van der Waals surface area contributed by atoms with Crippen molar-refractivity contribution in [2.24, 2.45) is 5.92 Å². The largest absolute Gasteiger partial charge is 0.342 e. The lowest BCUT2D eigenvalue weighted by Gasteiger charge is -2.32. The molecule has 0 aromatic heterocycles. The van der Waals surface area contributed by atoms with Crippen molar-refractivity contribution in [1.29, 1.82) is 0 Å². The Labute approximate surface area is 142 Å². The molecule has 6 nitrogen and oxygen atoms in total. The fraction of sp³-hybridized carbons (Fsp3) is 0.562. The van der Waals surface area contributed by atoms with Crippen LogP contribution in [0.25, 0.3) is 0 Å². The van der Waals surface area contributed by atoms with Crippen LogP contribution in [0.5, 0.6) is 0 Å². The van der Waals surface area contributed by atoms with E-state index in [-0.39, 0.29) is 23.8 Å². The van der Waals surface area contributed by atoms with Gasteiger partial charge in [0.05, 0.1) is 4.90 Å². The van der Waals surface area contributed by atoms with Crippen LogP contribution in [0.3, 0.4) is 0 Å². The average molecular weight is 357 g/mol. The highest BCUT2D eigenvalue weighted by Crippen LogP contribution is 2.16. The number of halogens is 1. The van der Waals surface area contributed by atoms with Gasteiger partial charge in [0.1, 0.15) is 5.82 Å². The van der Waals surface area contributed by atoms with Crippen molar-refractivity contribution in [2.45, 2.75) is 24.2 Å². The number of carbonyl (C=O) groups is 1. The van der Waals surface area contributed by atoms with Crippen molar-refractivity contribution >= 4 is 15.9 Å². The molecule has 1 aromatic carbocycles. The Bertz CT molecular complexity index is 647. The maximum absolute atomic E-state index is 12.9. The predicted molar refractivity (Wildman–Crippen MR) is 89.4 cm³/mol. The van der Waals surface area contributed by atoms with Gasteiger partial charge in [0.2, 0.25) is 15.9 Å². The van der Waals surface area contributed by atoms with Crippen LogP contribution in [0, 0.1) is 11.7 Å². The average Bonchev–Trinajstić information content (AvgIpc) is 2.55. The molecule has 1 fully saturated rings. The molecule has 1 atom stereocenters. The van der Waals surface area contributed by atoms with E-state index in [1.165, 1.54) is 12.1 Å². The van der Waals surface area contributed by atoms with Gasteiger partial charge in [-0.2, -0.15) is 0 Å². The summed E-state index contributed by atoms with van der Waals surface area (Å²) >= 11 is 0. The number of nitrogens with one attached hydrogen (secondary N) is 2. The van der Waals surface area contributed by atoms with Crippen LogP contribution >= 0.6 is 0 Å². The van der Waals surface area contributed by atoms with Gasteiger partial charge in [-0.25, -0.2) is 17.5 Å². The highest BCUT2D eigenvalue weighted by Gasteiger charge is 2.23. The molecule has 0 saturated carbocycles. The molecule has 0 radical (unpaired) electrons. The van der Waals surface area contributed by atoms with E-state index in [2.05, 4.69) is 10.0 Å². The number of hydrogen-bond donors (Lipinski definition) is 2. The molecule has 1 amide bonds. The summed E-state index contributed by atoms with van der Waals surface area (Å²) in [5, 5.41) is 3.13. The second kappa shape index (κ2) is 8.55. The second-order valence-electron chi connectivity index (χ2n) is 6.01. The van der Waals surface area contributed by atoms with Crippen LogP contribution in [0.15, 0.2) is 29.2 Å². The number of nitrogens with zero attached hydrogens (tertiary/aromatic N) is 1. The smallest absolute Gasteiger partial charge is 0.240 e. The maximum atomic E-state index is 12.9. The van der Waals surface area contributed by atoms with Crippen molar-refractivity contribution in [3.63, 3.8) is 0 Å². The molecule has 0 spiro atoms. The minimum absolute atomic E-state index is 0.0107. The minimum Gasteiger partial charge on any atom is -0.342 e. The van der Waals surface area contributed by atoms with Gasteiger partial charge in [-0.1, -0.05) is 0 Å². The Hall–Kier alpha value is -1.51. The fourth-order valence-electron chi connectivity index (χ4n) is 2.89. The molecule has 1 aromatic rings. The highest BCUT2D eigenvalue weighted by molar-refractivity contribution is 7.89. The molecule has 1 heterocycles. The molecule has 0 bridgehead atoms. The number of benzene rings is 1. The monoisotopic (exact) mass is 357 g/mol. The van der Waals surface area contributed by atoms with Gasteiger partial charge in [0.25, 0.3) is 0 Å². The fourth-order valence-corrected chi connectivity index (χ4v) is 3.93. The third-order valence-corrected chi connectivity index (χ3v) is 5.60. The van der Waals surface area contributed by atoms with Crippen molar-refractivity contribution in [3.8, 4) is 0 Å². The summed E-state index contributed by atoms with van der Waals surface area (Å²) in [5.41, 5.74) is 0. The lowest BCUT2D eigenvalue weighted by molar-refractivity contribution is -0.132. The van der Waals surface area contributed by atoms with E-state index in [0.29, 0.717) is 12.5 Å². The van der Waals surface area contributed by atoms with Gasteiger partial charge >= 0.3 is 0 Å². The van der Waals surface area contributed by atoms with E-state index >= 15 is 0 Å². The van der Waals surface area contributed by atoms with Crippen LogP contribution in [-0.4, -0.2) is 52.5 Å². The van der Waals surface area contributed by atoms with E-state index in [1.807, 2.05) is 7.05 Å². The number of sulfonamides is 1. The zero-order valence-electron chi connectivity index (χ0n) is 13.8. The van der Waals surface area contributed by atoms with Crippen LogP contribution in [0.2, 0.25) is 0 Å². The van der Waals surface area contributed by atoms with E-state index < -0.39 is 15.8 Å². The Morgan fingerprint density at radius 1 is 1.33 bits per heavy atom. The lowest BCUT2D eigenvalue weighted by Crippen LogP contribution is -2.43. The summed E-state index contributed by atoms with van der Waals surface area (Å²) in [4.78, 5) is 14.0. The number of piperidine rings is 1. The van der Waals surface area contributed by atoms with E-state index in [0.717, 1.165) is 38.1 Å². The van der Waals surface area contributed by atoms with E-state index in [9.17, 15) is 17.6 Å². The van der Waals surface area contributed by atoms with Gasteiger partial charge in [0, 0.05) is 26.1 Å². The van der Waals surface area contributed by atoms with Gasteiger partial charge in [-0.05, 0) is 56.6 Å². The Morgan fingerprint density at radius 3 is 2.71 bits per heavy atom. The first-order valence-electron chi connectivity index (χ1n) is 8.10. The normalized spacial score (nSPS) is 18.6. The quantitative estimate of drug-likeness (QED) is 0.762. The van der Waals surface area contributed by atoms with Gasteiger partial charge in [0.15, 0.2) is 0 Å². The summed E-state index contributed by atoms with van der Waals surface area (Å²) < 4.78 is 39.4. The minimum atomic E-state index is -3.72. The zero-order chi connectivity index (χ0) is 17.6. The standard InChI is InChI=1S/C16H24FN3O3S/c1-18-11-13-3-2-10-20(12-13)16(21)8-9-19-24(22,23)15-6-4-14(17)5-7-15/h4-7,13,18-19H,2-3,8-12H2,1H3. The SMILES string of the molecule is CNCC1CCCN(C(=O)CCNS(=O)(=O)c2ccc(F)cc2)C1. The first kappa shape index (κ1) is 18.8. The van der Waals surface area contributed by atoms with Gasteiger partial charge < -0.3 is 10.2 Å². The summed E-state index contributed by atoms with van der Waals surface area (Å²) in [6, 6.07) is 4.59. The topological polar surface area (TPSA) is 78.5 Å². The maximum Gasteiger partial charge on any atom is 0.240 e. The van der Waals surface area contributed by atoms with Crippen LogP contribution < -0.4 is 10.0 Å². The highest BCUT2D eigenvalue weighted by atomic mass is 32.2. The van der Waals surface area contributed by atoms with Crippen LogP contribution in [0.1, 0.15) is 19.3 Å². The number of likely N-dealkylation sites (tertiary alicyclic amines) is 1. The molecular formula is C16H24FN3O3S. The molecule has 2 rings (SSSR count). The second-order valence-corrected chi connectivity index (χ2v) is 7.77.